The van der Waals surface area contributed by atoms with Crippen LogP contribution in [-0.2, 0) is 17.8 Å². The summed E-state index contributed by atoms with van der Waals surface area (Å²) in [7, 11) is 0. The van der Waals surface area contributed by atoms with Crippen molar-refractivity contribution in [3.63, 3.8) is 0 Å². The fraction of sp³-hybridized carbons (Fsp3) is 0.176. The molecule has 0 amide bonds. The Kier molecular flexibility index (Phi) is 4.78. The van der Waals surface area contributed by atoms with E-state index in [1.165, 1.54) is 19.1 Å². The molecule has 2 aromatic carbocycles. The SMILES string of the molecule is CC(=O)c1ccc(OCc2ccc(CC(=O)O)cc2)cc1O. The number of hydrogen-bond donors (Lipinski definition) is 2. The summed E-state index contributed by atoms with van der Waals surface area (Å²) in [5.74, 6) is -0.734. The molecule has 0 bridgehead atoms. The maximum absolute atomic E-state index is 11.2. The third-order valence-electron chi connectivity index (χ3n) is 3.13. The van der Waals surface area contributed by atoms with Crippen LogP contribution in [0.25, 0.3) is 0 Å². The van der Waals surface area contributed by atoms with E-state index in [2.05, 4.69) is 0 Å². The van der Waals surface area contributed by atoms with Crippen LogP contribution in [0.3, 0.4) is 0 Å². The van der Waals surface area contributed by atoms with E-state index in [0.29, 0.717) is 5.75 Å². The Morgan fingerprint density at radius 1 is 1.05 bits per heavy atom. The van der Waals surface area contributed by atoms with Crippen molar-refractivity contribution in [2.75, 3.05) is 0 Å². The number of phenols is 1. The first-order chi connectivity index (χ1) is 10.5. The molecule has 0 unspecified atom stereocenters. The van der Waals surface area contributed by atoms with Gasteiger partial charge in [0, 0.05) is 6.07 Å². The largest absolute Gasteiger partial charge is 0.507 e. The van der Waals surface area contributed by atoms with Crippen LogP contribution in [-0.4, -0.2) is 22.0 Å². The first-order valence-electron chi connectivity index (χ1n) is 6.72. The second kappa shape index (κ2) is 6.76. The van der Waals surface area contributed by atoms with E-state index in [0.717, 1.165) is 11.1 Å². The van der Waals surface area contributed by atoms with E-state index in [-0.39, 0.29) is 30.1 Å². The van der Waals surface area contributed by atoms with Gasteiger partial charge in [-0.2, -0.15) is 0 Å². The molecule has 2 N–H and O–H groups in total. The van der Waals surface area contributed by atoms with Gasteiger partial charge in [0.15, 0.2) is 5.78 Å². The number of carboxylic acids is 1. The topological polar surface area (TPSA) is 83.8 Å². The van der Waals surface area contributed by atoms with Crippen LogP contribution in [0, 0.1) is 0 Å². The summed E-state index contributed by atoms with van der Waals surface area (Å²) in [4.78, 5) is 21.8. The van der Waals surface area contributed by atoms with E-state index in [1.54, 1.807) is 30.3 Å². The van der Waals surface area contributed by atoms with E-state index in [9.17, 15) is 14.7 Å². The van der Waals surface area contributed by atoms with E-state index in [1.807, 2.05) is 0 Å². The summed E-state index contributed by atoms with van der Waals surface area (Å²) in [5, 5.41) is 18.4. The summed E-state index contributed by atoms with van der Waals surface area (Å²) >= 11 is 0. The van der Waals surface area contributed by atoms with Gasteiger partial charge in [-0.05, 0) is 30.2 Å². The minimum Gasteiger partial charge on any atom is -0.507 e. The molecule has 0 saturated carbocycles. The maximum atomic E-state index is 11.2. The Labute approximate surface area is 127 Å². The van der Waals surface area contributed by atoms with Crippen LogP contribution >= 0.6 is 0 Å². The molecule has 0 heterocycles. The molecule has 2 rings (SSSR count). The number of ketones is 1. The number of carbonyl (C=O) groups excluding carboxylic acids is 1. The molecule has 5 heteroatoms. The zero-order valence-electron chi connectivity index (χ0n) is 12.1. The molecule has 0 atom stereocenters. The van der Waals surface area contributed by atoms with Crippen molar-refractivity contribution in [1.29, 1.82) is 0 Å². The summed E-state index contributed by atoms with van der Waals surface area (Å²) < 4.78 is 5.54. The van der Waals surface area contributed by atoms with Crippen molar-refractivity contribution in [3.8, 4) is 11.5 Å². The van der Waals surface area contributed by atoms with Crippen LogP contribution < -0.4 is 4.74 Å². The fourth-order valence-corrected chi connectivity index (χ4v) is 1.99. The number of aromatic hydroxyl groups is 1. The number of carbonyl (C=O) groups is 2. The van der Waals surface area contributed by atoms with E-state index in [4.69, 9.17) is 9.84 Å². The van der Waals surface area contributed by atoms with Crippen LogP contribution in [0.5, 0.6) is 11.5 Å². The normalized spacial score (nSPS) is 10.2. The van der Waals surface area contributed by atoms with Crippen LogP contribution in [0.1, 0.15) is 28.4 Å². The first kappa shape index (κ1) is 15.6. The summed E-state index contributed by atoms with van der Waals surface area (Å²) in [6.45, 7) is 1.67. The molecule has 0 spiro atoms. The molecule has 0 aromatic heterocycles. The molecule has 0 aliphatic carbocycles. The lowest BCUT2D eigenvalue weighted by molar-refractivity contribution is -0.136. The third-order valence-corrected chi connectivity index (χ3v) is 3.13. The molecule has 22 heavy (non-hydrogen) atoms. The minimum atomic E-state index is -0.870. The predicted molar refractivity (Wildman–Crippen MR) is 80.2 cm³/mol. The van der Waals surface area contributed by atoms with Gasteiger partial charge in [-0.25, -0.2) is 0 Å². The third kappa shape index (κ3) is 4.09. The zero-order valence-corrected chi connectivity index (χ0v) is 12.1. The van der Waals surface area contributed by atoms with Gasteiger partial charge in [0.2, 0.25) is 0 Å². The Balaban J connectivity index is 1.99. The van der Waals surface area contributed by atoms with Gasteiger partial charge in [0.1, 0.15) is 18.1 Å². The van der Waals surface area contributed by atoms with Crippen LogP contribution in [0.15, 0.2) is 42.5 Å². The first-order valence-corrected chi connectivity index (χ1v) is 6.72. The number of aliphatic carboxylic acids is 1. The number of carboxylic acid groups (broad SMARTS) is 1. The number of hydrogen-bond acceptors (Lipinski definition) is 4. The van der Waals surface area contributed by atoms with Gasteiger partial charge < -0.3 is 14.9 Å². The summed E-state index contributed by atoms with van der Waals surface area (Å²) in [6, 6.07) is 11.6. The molecule has 0 saturated heterocycles. The number of ether oxygens (including phenoxy) is 1. The van der Waals surface area contributed by atoms with E-state index >= 15 is 0 Å². The van der Waals surface area contributed by atoms with Crippen molar-refractivity contribution in [2.24, 2.45) is 0 Å². The second-order valence-corrected chi connectivity index (χ2v) is 4.91. The summed E-state index contributed by atoms with van der Waals surface area (Å²) in [6.07, 6.45) is -0.0124. The highest BCUT2D eigenvalue weighted by atomic mass is 16.5. The Hall–Kier alpha value is -2.82. The van der Waals surface area contributed by atoms with Gasteiger partial charge in [-0.1, -0.05) is 24.3 Å². The quantitative estimate of drug-likeness (QED) is 0.801. The number of rotatable bonds is 6. The standard InChI is InChI=1S/C17H16O5/c1-11(18)15-7-6-14(9-16(15)19)22-10-13-4-2-12(3-5-13)8-17(20)21/h2-7,9,19H,8,10H2,1H3,(H,20,21). The molecule has 0 fully saturated rings. The smallest absolute Gasteiger partial charge is 0.307 e. The molecule has 5 nitrogen and oxygen atoms in total. The Morgan fingerprint density at radius 2 is 1.68 bits per heavy atom. The molecule has 2 aromatic rings. The van der Waals surface area contributed by atoms with Crippen molar-refractivity contribution in [1.82, 2.24) is 0 Å². The minimum absolute atomic E-state index is 0.0124. The number of phenolic OH excluding ortho intramolecular Hbond substituents is 1. The average molecular weight is 300 g/mol. The number of Topliss-reactive ketones (excluding diaryl/α,β-unsaturated/α-hetero) is 1. The van der Waals surface area contributed by atoms with Crippen molar-refractivity contribution >= 4 is 11.8 Å². The molecule has 114 valence electrons. The monoisotopic (exact) mass is 300 g/mol. The molecule has 0 aliphatic rings. The number of benzene rings is 2. The lowest BCUT2D eigenvalue weighted by Gasteiger charge is -2.08. The summed E-state index contributed by atoms with van der Waals surface area (Å²) in [5.41, 5.74) is 1.86. The van der Waals surface area contributed by atoms with Gasteiger partial charge in [-0.15, -0.1) is 0 Å². The highest BCUT2D eigenvalue weighted by Crippen LogP contribution is 2.24. The molecule has 0 aliphatic heterocycles. The van der Waals surface area contributed by atoms with Gasteiger partial charge in [-0.3, -0.25) is 9.59 Å². The van der Waals surface area contributed by atoms with Crippen LogP contribution in [0.4, 0.5) is 0 Å². The van der Waals surface area contributed by atoms with Gasteiger partial charge in [0.25, 0.3) is 0 Å². The lowest BCUT2D eigenvalue weighted by Crippen LogP contribution is -2.01. The van der Waals surface area contributed by atoms with Crippen molar-refractivity contribution in [2.45, 2.75) is 20.0 Å². The predicted octanol–water partition coefficient (Wildman–Crippen LogP) is 2.80. The van der Waals surface area contributed by atoms with Gasteiger partial charge in [0.05, 0.1) is 12.0 Å². The molecular weight excluding hydrogens is 284 g/mol. The van der Waals surface area contributed by atoms with Crippen molar-refractivity contribution < 1.29 is 24.5 Å². The van der Waals surface area contributed by atoms with Crippen molar-refractivity contribution in [3.05, 3.63) is 59.2 Å². The second-order valence-electron chi connectivity index (χ2n) is 4.91. The Bertz CT molecular complexity index is 689. The Morgan fingerprint density at radius 3 is 2.23 bits per heavy atom. The highest BCUT2D eigenvalue weighted by Gasteiger charge is 2.07. The zero-order chi connectivity index (χ0) is 16.1. The van der Waals surface area contributed by atoms with E-state index < -0.39 is 5.97 Å². The van der Waals surface area contributed by atoms with Crippen LogP contribution in [0.2, 0.25) is 0 Å². The van der Waals surface area contributed by atoms with Gasteiger partial charge >= 0.3 is 5.97 Å². The average Bonchev–Trinajstić information content (AvgIpc) is 2.45. The fourth-order valence-electron chi connectivity index (χ4n) is 1.99. The molecular formula is C17H16O5. The molecule has 0 radical (unpaired) electrons. The highest BCUT2D eigenvalue weighted by molar-refractivity contribution is 5.96. The lowest BCUT2D eigenvalue weighted by atomic mass is 10.1. The maximum Gasteiger partial charge on any atom is 0.307 e.